The lowest BCUT2D eigenvalue weighted by atomic mass is 10.1. The van der Waals surface area contributed by atoms with Crippen molar-refractivity contribution >= 4 is 23.2 Å². The summed E-state index contributed by atoms with van der Waals surface area (Å²) < 4.78 is 11.9. The molecule has 5 rings (SSSR count). The Morgan fingerprint density at radius 3 is 2.86 bits per heavy atom. The molecular formula is C33H40N6O3. The fourth-order valence-electron chi connectivity index (χ4n) is 5.16. The number of rotatable bonds is 6. The highest BCUT2D eigenvalue weighted by molar-refractivity contribution is 5.87. The summed E-state index contributed by atoms with van der Waals surface area (Å²) in [7, 11) is 2.12. The zero-order chi connectivity index (χ0) is 29.1. The largest absolute Gasteiger partial charge is 0.493 e. The molecular weight excluding hydrogens is 528 g/mol. The van der Waals surface area contributed by atoms with Crippen LogP contribution in [0.15, 0.2) is 79.5 Å². The number of nitrogens with one attached hydrogen (secondary N) is 1. The van der Waals surface area contributed by atoms with Gasteiger partial charge in [0.05, 0.1) is 25.5 Å². The van der Waals surface area contributed by atoms with E-state index in [2.05, 4.69) is 58.0 Å². The summed E-state index contributed by atoms with van der Waals surface area (Å²) >= 11 is 0. The maximum atomic E-state index is 11.9. The fourth-order valence-corrected chi connectivity index (χ4v) is 5.16. The zero-order valence-electron chi connectivity index (χ0n) is 24.4. The molecule has 0 atom stereocenters. The number of anilines is 3. The Kier molecular flexibility index (Phi) is 10.2. The Morgan fingerprint density at radius 1 is 1.12 bits per heavy atom. The molecule has 2 aromatic carbocycles. The fraction of sp³-hybridized carbons (Fsp3) is 0.364. The summed E-state index contributed by atoms with van der Waals surface area (Å²) in [4.78, 5) is 27.7. The van der Waals surface area contributed by atoms with Crippen LogP contribution in [0.1, 0.15) is 18.4 Å². The number of carbonyl (C=O) groups excluding carboxylic acids is 1. The third-order valence-corrected chi connectivity index (χ3v) is 7.49. The summed E-state index contributed by atoms with van der Waals surface area (Å²) in [6, 6.07) is 16.3. The normalized spacial score (nSPS) is 16.7. The van der Waals surface area contributed by atoms with Crippen LogP contribution in [0.2, 0.25) is 0 Å². The summed E-state index contributed by atoms with van der Waals surface area (Å²) in [5.74, 6) is 1.37. The number of piperazine rings is 1. The number of carbonyl (C=O) groups is 1. The SMILES string of the molecule is C=CC(=O)N1CCN(CCCN(C)c2cc3cc(c2)Nc2nccc(n2)-c2cccc(c2)OCC/C=C/COC3)CC1. The van der Waals surface area contributed by atoms with Crippen LogP contribution in [0, 0.1) is 0 Å². The van der Waals surface area contributed by atoms with Gasteiger partial charge in [-0.1, -0.05) is 30.9 Å². The minimum Gasteiger partial charge on any atom is -0.493 e. The van der Waals surface area contributed by atoms with Gasteiger partial charge in [-0.2, -0.15) is 0 Å². The van der Waals surface area contributed by atoms with Crippen LogP contribution in [0.4, 0.5) is 17.3 Å². The lowest BCUT2D eigenvalue weighted by Gasteiger charge is -2.34. The van der Waals surface area contributed by atoms with Crippen molar-refractivity contribution in [3.8, 4) is 17.0 Å². The van der Waals surface area contributed by atoms with Gasteiger partial charge in [0.2, 0.25) is 11.9 Å². The van der Waals surface area contributed by atoms with Gasteiger partial charge in [-0.15, -0.1) is 0 Å². The van der Waals surface area contributed by atoms with E-state index in [9.17, 15) is 4.79 Å². The van der Waals surface area contributed by atoms with Crippen LogP contribution in [0.3, 0.4) is 0 Å². The van der Waals surface area contributed by atoms with Crippen molar-refractivity contribution in [2.75, 3.05) is 69.7 Å². The molecule has 0 radical (unpaired) electrons. The van der Waals surface area contributed by atoms with E-state index in [1.165, 1.54) is 6.08 Å². The topological polar surface area (TPSA) is 83.1 Å². The molecule has 6 bridgehead atoms. The monoisotopic (exact) mass is 568 g/mol. The van der Waals surface area contributed by atoms with E-state index in [1.807, 2.05) is 41.3 Å². The van der Waals surface area contributed by atoms with Crippen molar-refractivity contribution in [1.29, 1.82) is 0 Å². The highest BCUT2D eigenvalue weighted by Crippen LogP contribution is 2.27. The van der Waals surface area contributed by atoms with Crippen LogP contribution in [0.25, 0.3) is 11.3 Å². The van der Waals surface area contributed by atoms with Gasteiger partial charge in [0, 0.05) is 62.9 Å². The Labute approximate surface area is 248 Å². The molecule has 2 aliphatic rings. The number of ether oxygens (including phenoxy) is 2. The number of aromatic nitrogens is 2. The molecule has 1 saturated heterocycles. The average Bonchev–Trinajstić information content (AvgIpc) is 3.02. The minimum absolute atomic E-state index is 0.0220. The van der Waals surface area contributed by atoms with Crippen molar-refractivity contribution < 1.29 is 14.3 Å². The Balaban J connectivity index is 1.28. The number of benzene rings is 2. The van der Waals surface area contributed by atoms with E-state index >= 15 is 0 Å². The Bertz CT molecular complexity index is 1390. The van der Waals surface area contributed by atoms with E-state index in [1.54, 1.807) is 6.20 Å². The second-order valence-corrected chi connectivity index (χ2v) is 10.6. The van der Waals surface area contributed by atoms with Gasteiger partial charge in [-0.25, -0.2) is 9.97 Å². The number of amides is 1. The molecule has 0 saturated carbocycles. The molecule has 1 aromatic heterocycles. The van der Waals surface area contributed by atoms with Gasteiger partial charge in [-0.3, -0.25) is 9.69 Å². The first-order chi connectivity index (χ1) is 20.6. The number of hydrogen-bond acceptors (Lipinski definition) is 8. The Morgan fingerprint density at radius 2 is 2.00 bits per heavy atom. The van der Waals surface area contributed by atoms with E-state index in [-0.39, 0.29) is 5.91 Å². The number of hydrogen-bond donors (Lipinski definition) is 1. The van der Waals surface area contributed by atoms with E-state index in [4.69, 9.17) is 14.5 Å². The average molecular weight is 569 g/mol. The van der Waals surface area contributed by atoms with Crippen molar-refractivity contribution in [2.45, 2.75) is 19.4 Å². The lowest BCUT2D eigenvalue weighted by molar-refractivity contribution is -0.127. The molecule has 3 heterocycles. The molecule has 0 spiro atoms. The first-order valence-corrected chi connectivity index (χ1v) is 14.6. The number of fused-ring (bicyclic) bond motifs is 7. The molecule has 220 valence electrons. The van der Waals surface area contributed by atoms with Gasteiger partial charge >= 0.3 is 0 Å². The van der Waals surface area contributed by atoms with Crippen LogP contribution in [0.5, 0.6) is 5.75 Å². The molecule has 0 unspecified atom stereocenters. The quantitative estimate of drug-likeness (QED) is 0.332. The molecule has 1 fully saturated rings. The van der Waals surface area contributed by atoms with Crippen molar-refractivity contribution in [3.05, 3.63) is 85.1 Å². The van der Waals surface area contributed by atoms with Gasteiger partial charge in [-0.05, 0) is 67.4 Å². The highest BCUT2D eigenvalue weighted by atomic mass is 16.5. The van der Waals surface area contributed by atoms with Crippen molar-refractivity contribution in [2.24, 2.45) is 0 Å². The standard InChI is InChI=1S/C33H40N6O3/c1-3-32(40)39-17-15-38(16-18-39)14-8-13-37(2)29-22-26-21-28(24-29)35-33-34-12-11-31(36-33)27-9-7-10-30(23-27)42-20-6-4-5-19-41-25-26/h3-5,7,9-12,21-24H,1,6,8,13-20,25H2,2H3,(H,34,35,36)/b5-4+. The molecule has 9 nitrogen and oxygen atoms in total. The smallest absolute Gasteiger partial charge is 0.246 e. The molecule has 2 aliphatic heterocycles. The molecule has 3 aromatic rings. The van der Waals surface area contributed by atoms with E-state index < -0.39 is 0 Å². The summed E-state index contributed by atoms with van der Waals surface area (Å²) in [6.07, 6.45) is 9.15. The summed E-state index contributed by atoms with van der Waals surface area (Å²) in [5, 5.41) is 3.42. The first kappa shape index (κ1) is 29.3. The molecule has 1 amide bonds. The van der Waals surface area contributed by atoms with Gasteiger partial charge in [0.15, 0.2) is 0 Å². The van der Waals surface area contributed by atoms with Crippen molar-refractivity contribution in [3.63, 3.8) is 0 Å². The maximum absolute atomic E-state index is 11.9. The third-order valence-electron chi connectivity index (χ3n) is 7.49. The third kappa shape index (κ3) is 8.18. The molecule has 0 aliphatic carbocycles. The second-order valence-electron chi connectivity index (χ2n) is 10.6. The zero-order valence-corrected chi connectivity index (χ0v) is 24.4. The second kappa shape index (κ2) is 14.6. The predicted octanol–water partition coefficient (Wildman–Crippen LogP) is 4.90. The predicted molar refractivity (Wildman–Crippen MR) is 167 cm³/mol. The maximum Gasteiger partial charge on any atom is 0.246 e. The first-order valence-electron chi connectivity index (χ1n) is 14.6. The molecule has 1 N–H and O–H groups in total. The van der Waals surface area contributed by atoms with Crippen LogP contribution in [-0.2, 0) is 16.1 Å². The molecule has 9 heteroatoms. The van der Waals surface area contributed by atoms with E-state index in [0.29, 0.717) is 25.8 Å². The summed E-state index contributed by atoms with van der Waals surface area (Å²) in [5.41, 5.74) is 4.89. The van der Waals surface area contributed by atoms with Gasteiger partial charge in [0.25, 0.3) is 0 Å². The minimum atomic E-state index is 0.0220. The number of nitrogens with zero attached hydrogens (tertiary/aromatic N) is 5. The lowest BCUT2D eigenvalue weighted by Crippen LogP contribution is -2.48. The van der Waals surface area contributed by atoms with Crippen LogP contribution in [-0.4, -0.2) is 85.2 Å². The van der Waals surface area contributed by atoms with Gasteiger partial charge in [0.1, 0.15) is 5.75 Å². The Hall–Kier alpha value is -4.21. The van der Waals surface area contributed by atoms with Crippen LogP contribution < -0.4 is 15.0 Å². The molecule has 42 heavy (non-hydrogen) atoms. The van der Waals surface area contributed by atoms with Crippen LogP contribution >= 0.6 is 0 Å². The van der Waals surface area contributed by atoms with Crippen molar-refractivity contribution in [1.82, 2.24) is 19.8 Å². The highest BCUT2D eigenvalue weighted by Gasteiger charge is 2.19. The summed E-state index contributed by atoms with van der Waals surface area (Å²) in [6.45, 7) is 10.4. The van der Waals surface area contributed by atoms with Gasteiger partial charge < -0.3 is 24.6 Å². The van der Waals surface area contributed by atoms with E-state index in [0.717, 1.165) is 86.1 Å².